The van der Waals surface area contributed by atoms with Crippen LogP contribution in [-0.4, -0.2) is 40.0 Å². The molecule has 6 heteroatoms. The number of allylic oxidation sites excluding steroid dienone is 1. The first-order valence-corrected chi connectivity index (χ1v) is 17.3. The highest BCUT2D eigenvalue weighted by Crippen LogP contribution is 2.76. The lowest BCUT2D eigenvalue weighted by atomic mass is 9.33. The first kappa shape index (κ1) is 32.3. The van der Waals surface area contributed by atoms with E-state index in [0.717, 1.165) is 50.5 Å². The summed E-state index contributed by atoms with van der Waals surface area (Å²) in [5.74, 6) is -0.232. The van der Waals surface area contributed by atoms with E-state index in [4.69, 9.17) is 4.74 Å². The molecule has 0 radical (unpaired) electrons. The molecule has 5 aliphatic rings. The zero-order valence-corrected chi connectivity index (χ0v) is 28.2. The minimum absolute atomic E-state index is 0.0285. The van der Waals surface area contributed by atoms with Crippen molar-refractivity contribution in [3.8, 4) is 5.75 Å². The molecule has 4 saturated carbocycles. The molecule has 8 atom stereocenters. The number of carbonyl (C=O) groups excluding carboxylic acids is 1. The standard InChI is InChI=1S/C39H54O6/c1-34(2)19-20-38(33(43)44)21-22-39(24-45-32(42)14-9-25-7-10-26(40)11-8-25)27(28(38)23-34)12-13-30-36(5)17-16-31(41)35(3,4)29(36)15-18-37(30,39)6/h7-12,14,28-31,40-41H,13,15-24H2,1-6H3,(H,43,44)/b14-9-/t28-,29-,30+,31-,36-,37+,38-,39-/m0/s1. The summed E-state index contributed by atoms with van der Waals surface area (Å²) in [7, 11) is 0. The van der Waals surface area contributed by atoms with Crippen LogP contribution in [0.4, 0.5) is 0 Å². The summed E-state index contributed by atoms with van der Waals surface area (Å²) in [6, 6.07) is 6.69. The number of carboxylic acid groups (broad SMARTS) is 1. The normalized spacial score (nSPS) is 41.5. The Balaban J connectivity index is 1.41. The molecule has 0 unspecified atom stereocenters. The predicted octanol–water partition coefficient (Wildman–Crippen LogP) is 8.18. The second-order valence-electron chi connectivity index (χ2n) is 17.3. The van der Waals surface area contributed by atoms with Crippen molar-refractivity contribution < 1.29 is 29.6 Å². The smallest absolute Gasteiger partial charge is 0.330 e. The molecule has 0 heterocycles. The van der Waals surface area contributed by atoms with Crippen molar-refractivity contribution in [2.45, 2.75) is 112 Å². The SMILES string of the molecule is CC1(C)CC[C@]2(C(=O)O)CC[C@]3(COC(=O)/C=C\c4ccc(O)cc4)C(=CC[C@@H]4[C@@]5(C)CC[C@H](O)C(C)(C)[C@@H]5CC[C@]43C)[C@@H]2C1. The molecule has 1 aromatic rings. The predicted molar refractivity (Wildman–Crippen MR) is 175 cm³/mol. The van der Waals surface area contributed by atoms with Crippen molar-refractivity contribution in [3.63, 3.8) is 0 Å². The van der Waals surface area contributed by atoms with Gasteiger partial charge in [0.1, 0.15) is 12.4 Å². The van der Waals surface area contributed by atoms with Crippen molar-refractivity contribution in [2.75, 3.05) is 6.61 Å². The van der Waals surface area contributed by atoms with Crippen LogP contribution in [0.1, 0.15) is 111 Å². The van der Waals surface area contributed by atoms with Crippen LogP contribution in [0.2, 0.25) is 0 Å². The van der Waals surface area contributed by atoms with Gasteiger partial charge >= 0.3 is 11.9 Å². The summed E-state index contributed by atoms with van der Waals surface area (Å²) in [5.41, 5.74) is 0.564. The van der Waals surface area contributed by atoms with E-state index in [9.17, 15) is 24.9 Å². The van der Waals surface area contributed by atoms with Crippen molar-refractivity contribution in [2.24, 2.45) is 50.2 Å². The molecule has 0 bridgehead atoms. The van der Waals surface area contributed by atoms with Crippen molar-refractivity contribution in [3.05, 3.63) is 47.6 Å². The number of hydrogen-bond acceptors (Lipinski definition) is 5. The summed E-state index contributed by atoms with van der Waals surface area (Å²) in [4.78, 5) is 26.5. The number of phenolic OH excluding ortho intramolecular Hbond substituents is 1. The van der Waals surface area contributed by atoms with Crippen LogP contribution >= 0.6 is 0 Å². The van der Waals surface area contributed by atoms with Crippen molar-refractivity contribution in [1.82, 2.24) is 0 Å². The van der Waals surface area contributed by atoms with Crippen LogP contribution in [0.15, 0.2) is 42.0 Å². The number of benzene rings is 1. The molecular formula is C39H54O6. The number of ether oxygens (including phenoxy) is 1. The fraction of sp³-hybridized carbons (Fsp3) is 0.692. The Morgan fingerprint density at radius 3 is 2.29 bits per heavy atom. The number of hydrogen-bond donors (Lipinski definition) is 3. The molecule has 3 N–H and O–H groups in total. The van der Waals surface area contributed by atoms with Gasteiger partial charge in [0.15, 0.2) is 0 Å². The number of aliphatic hydroxyl groups is 1. The number of aliphatic hydroxyl groups excluding tert-OH is 1. The number of aromatic hydroxyl groups is 1. The molecule has 6 nitrogen and oxygen atoms in total. The summed E-state index contributed by atoms with van der Waals surface area (Å²) in [6.07, 6.45) is 13.7. The van der Waals surface area contributed by atoms with Crippen LogP contribution in [-0.2, 0) is 14.3 Å². The fourth-order valence-corrected chi connectivity index (χ4v) is 11.7. The van der Waals surface area contributed by atoms with Crippen LogP contribution in [0.25, 0.3) is 6.08 Å². The van der Waals surface area contributed by atoms with E-state index in [2.05, 4.69) is 47.6 Å². The van der Waals surface area contributed by atoms with E-state index < -0.39 is 22.8 Å². The van der Waals surface area contributed by atoms with Gasteiger partial charge in [-0.15, -0.1) is 0 Å². The highest BCUT2D eigenvalue weighted by Gasteiger charge is 2.70. The van der Waals surface area contributed by atoms with Crippen molar-refractivity contribution >= 4 is 18.0 Å². The Morgan fingerprint density at radius 1 is 0.911 bits per heavy atom. The van der Waals surface area contributed by atoms with Gasteiger partial charge < -0.3 is 20.1 Å². The van der Waals surface area contributed by atoms with Gasteiger partial charge in [0.25, 0.3) is 0 Å². The molecule has 246 valence electrons. The molecule has 45 heavy (non-hydrogen) atoms. The largest absolute Gasteiger partial charge is 0.508 e. The maximum Gasteiger partial charge on any atom is 0.330 e. The summed E-state index contributed by atoms with van der Waals surface area (Å²) in [5, 5.41) is 31.5. The zero-order chi connectivity index (χ0) is 32.6. The highest BCUT2D eigenvalue weighted by molar-refractivity contribution is 5.87. The average molecular weight is 619 g/mol. The maximum absolute atomic E-state index is 13.3. The Labute approximate surface area is 269 Å². The van der Waals surface area contributed by atoms with Gasteiger partial charge in [0.05, 0.1) is 11.5 Å². The number of esters is 1. The molecule has 5 aliphatic carbocycles. The van der Waals surface area contributed by atoms with Gasteiger partial charge in [-0.25, -0.2) is 4.79 Å². The maximum atomic E-state index is 13.3. The Morgan fingerprint density at radius 2 is 1.60 bits per heavy atom. The zero-order valence-electron chi connectivity index (χ0n) is 28.2. The van der Waals surface area contributed by atoms with E-state index in [-0.39, 0.29) is 46.0 Å². The molecule has 0 spiro atoms. The quantitative estimate of drug-likeness (QED) is 0.175. The number of phenols is 1. The molecule has 0 aliphatic heterocycles. The molecule has 1 aromatic carbocycles. The third-order valence-electron chi connectivity index (χ3n) is 14.5. The third-order valence-corrected chi connectivity index (χ3v) is 14.5. The summed E-state index contributed by atoms with van der Waals surface area (Å²) < 4.78 is 6.25. The van der Waals surface area contributed by atoms with E-state index in [1.807, 2.05) is 0 Å². The molecule has 0 saturated heterocycles. The number of aliphatic carboxylic acids is 1. The van der Waals surface area contributed by atoms with Crippen LogP contribution in [0, 0.1) is 50.2 Å². The minimum atomic E-state index is -0.769. The Bertz CT molecular complexity index is 1400. The third kappa shape index (κ3) is 4.83. The topological polar surface area (TPSA) is 104 Å². The molecule has 0 aromatic heterocycles. The van der Waals surface area contributed by atoms with Crippen LogP contribution < -0.4 is 0 Å². The number of fused-ring (bicyclic) bond motifs is 7. The van der Waals surface area contributed by atoms with E-state index >= 15 is 0 Å². The second kappa shape index (κ2) is 10.7. The molecule has 4 fully saturated rings. The lowest BCUT2D eigenvalue weighted by Crippen LogP contribution is -2.66. The van der Waals surface area contributed by atoms with Gasteiger partial charge in [-0.2, -0.15) is 0 Å². The van der Waals surface area contributed by atoms with Crippen molar-refractivity contribution in [1.29, 1.82) is 0 Å². The van der Waals surface area contributed by atoms with Gasteiger partial charge in [0.2, 0.25) is 0 Å². The van der Waals surface area contributed by atoms with Crippen LogP contribution in [0.3, 0.4) is 0 Å². The van der Waals surface area contributed by atoms with E-state index in [1.165, 1.54) is 11.6 Å². The van der Waals surface area contributed by atoms with E-state index in [0.29, 0.717) is 31.1 Å². The number of carboxylic acids is 1. The van der Waals surface area contributed by atoms with Gasteiger partial charge in [-0.3, -0.25) is 4.79 Å². The van der Waals surface area contributed by atoms with Gasteiger partial charge in [-0.05, 0) is 127 Å². The average Bonchev–Trinajstić information content (AvgIpc) is 2.97. The molecular weight excluding hydrogens is 564 g/mol. The molecule has 0 amide bonds. The minimum Gasteiger partial charge on any atom is -0.508 e. The van der Waals surface area contributed by atoms with Gasteiger partial charge in [0, 0.05) is 11.5 Å². The van der Waals surface area contributed by atoms with Gasteiger partial charge in [-0.1, -0.05) is 65.3 Å². The number of rotatable bonds is 5. The fourth-order valence-electron chi connectivity index (χ4n) is 11.7. The Hall–Kier alpha value is -2.60. The first-order valence-electron chi connectivity index (χ1n) is 17.3. The summed E-state index contributed by atoms with van der Waals surface area (Å²) in [6.45, 7) is 14.2. The summed E-state index contributed by atoms with van der Waals surface area (Å²) >= 11 is 0. The lowest BCUT2D eigenvalue weighted by molar-refractivity contribution is -0.217. The Kier molecular flexibility index (Phi) is 7.70. The molecule has 6 rings (SSSR count). The number of carbonyl (C=O) groups is 2. The monoisotopic (exact) mass is 618 g/mol. The van der Waals surface area contributed by atoms with E-state index in [1.54, 1.807) is 30.3 Å². The second-order valence-corrected chi connectivity index (χ2v) is 17.3. The van der Waals surface area contributed by atoms with Crippen LogP contribution in [0.5, 0.6) is 5.75 Å². The first-order chi connectivity index (χ1) is 21.0. The highest BCUT2D eigenvalue weighted by atomic mass is 16.5. The lowest BCUT2D eigenvalue weighted by Gasteiger charge is -2.71.